The number of aliphatic imine (C=N–C) groups is 1. The topological polar surface area (TPSA) is 58.1 Å². The van der Waals surface area contributed by atoms with Gasteiger partial charge in [-0.15, -0.1) is 0 Å². The summed E-state index contributed by atoms with van der Waals surface area (Å²) in [4.78, 5) is 7.10. The molecule has 0 bridgehead atoms. The van der Waals surface area contributed by atoms with Gasteiger partial charge in [-0.1, -0.05) is 0 Å². The number of nitrogens with one attached hydrogen (secondary N) is 2. The van der Waals surface area contributed by atoms with Crippen molar-refractivity contribution in [1.82, 2.24) is 15.5 Å². The van der Waals surface area contributed by atoms with Gasteiger partial charge < -0.3 is 20.1 Å². The molecule has 6 nitrogen and oxygen atoms in total. The lowest BCUT2D eigenvalue weighted by Crippen LogP contribution is -2.45. The maximum Gasteiger partial charge on any atom is 0.191 e. The normalized spacial score (nSPS) is 19.1. The molecule has 2 N–H and O–H groups in total. The highest BCUT2D eigenvalue weighted by Crippen LogP contribution is 2.16. The number of hydrogen-bond acceptors (Lipinski definition) is 4. The summed E-state index contributed by atoms with van der Waals surface area (Å²) >= 11 is 0. The minimum absolute atomic E-state index is 0.101. The van der Waals surface area contributed by atoms with Gasteiger partial charge in [0, 0.05) is 32.8 Å². The Morgan fingerprint density at radius 3 is 2.81 bits per heavy atom. The third-order valence-corrected chi connectivity index (χ3v) is 4.59. The van der Waals surface area contributed by atoms with E-state index in [1.807, 2.05) is 6.92 Å². The van der Waals surface area contributed by atoms with Crippen LogP contribution in [0.4, 0.5) is 4.39 Å². The highest BCUT2D eigenvalue weighted by molar-refractivity contribution is 5.79. The van der Waals surface area contributed by atoms with E-state index in [2.05, 4.69) is 27.4 Å². The van der Waals surface area contributed by atoms with Crippen molar-refractivity contribution in [3.8, 4) is 5.75 Å². The first kappa shape index (κ1) is 21.4. The summed E-state index contributed by atoms with van der Waals surface area (Å²) < 4.78 is 24.0. The highest BCUT2D eigenvalue weighted by atomic mass is 19.1. The Morgan fingerprint density at radius 1 is 1.33 bits per heavy atom. The predicted molar refractivity (Wildman–Crippen MR) is 107 cm³/mol. The van der Waals surface area contributed by atoms with Gasteiger partial charge in [-0.25, -0.2) is 9.38 Å². The average molecular weight is 381 g/mol. The van der Waals surface area contributed by atoms with Crippen molar-refractivity contribution in [2.45, 2.75) is 38.8 Å². The quantitative estimate of drug-likeness (QED) is 0.482. The molecule has 1 saturated heterocycles. The Morgan fingerprint density at radius 2 is 2.11 bits per heavy atom. The average Bonchev–Trinajstić information content (AvgIpc) is 3.11. The molecule has 2 atom stereocenters. The molecule has 1 aromatic rings. The first-order chi connectivity index (χ1) is 13.1. The molecule has 1 aliphatic heterocycles. The van der Waals surface area contributed by atoms with E-state index in [0.717, 1.165) is 38.7 Å². The number of likely N-dealkylation sites (tertiary alicyclic amines) is 1. The molecule has 0 spiro atoms. The van der Waals surface area contributed by atoms with E-state index in [1.54, 1.807) is 19.2 Å². The van der Waals surface area contributed by atoms with E-state index >= 15 is 0 Å². The van der Waals surface area contributed by atoms with Crippen LogP contribution < -0.4 is 15.4 Å². The maximum absolute atomic E-state index is 13.0. The second-order valence-electron chi connectivity index (χ2n) is 6.81. The number of hydrogen-bond donors (Lipinski definition) is 2. The van der Waals surface area contributed by atoms with Crippen molar-refractivity contribution >= 4 is 5.96 Å². The fourth-order valence-electron chi connectivity index (χ4n) is 3.19. The number of guanidine groups is 1. The van der Waals surface area contributed by atoms with Gasteiger partial charge in [0.15, 0.2) is 5.96 Å². The largest absolute Gasteiger partial charge is 0.489 e. The van der Waals surface area contributed by atoms with E-state index in [0.29, 0.717) is 18.3 Å². The molecule has 0 aliphatic carbocycles. The second-order valence-corrected chi connectivity index (χ2v) is 6.81. The van der Waals surface area contributed by atoms with Crippen LogP contribution in [-0.2, 0) is 4.74 Å². The Kier molecular flexibility index (Phi) is 9.35. The number of halogens is 1. The number of benzene rings is 1. The van der Waals surface area contributed by atoms with Crippen LogP contribution >= 0.6 is 0 Å². The van der Waals surface area contributed by atoms with E-state index in [4.69, 9.17) is 9.47 Å². The number of methoxy groups -OCH3 is 1. The predicted octanol–water partition coefficient (Wildman–Crippen LogP) is 2.26. The van der Waals surface area contributed by atoms with Crippen LogP contribution in [0.3, 0.4) is 0 Å². The molecule has 7 heteroatoms. The van der Waals surface area contributed by atoms with E-state index in [1.165, 1.54) is 25.0 Å². The molecule has 152 valence electrons. The summed E-state index contributed by atoms with van der Waals surface area (Å²) in [6, 6.07) is 6.57. The maximum atomic E-state index is 13.0. The molecule has 0 aromatic heterocycles. The molecule has 27 heavy (non-hydrogen) atoms. The summed E-state index contributed by atoms with van der Waals surface area (Å²) in [5.74, 6) is 1.18. The molecular weight excluding hydrogens is 347 g/mol. The standard InChI is InChI=1S/C20H33FN4O2/c1-4-22-20(24-15-18-6-5-11-25(18)12-13-26-3)23-14-16(2)27-19-9-7-17(21)8-10-19/h7-10,16,18H,4-6,11-15H2,1-3H3,(H2,22,23,24). The molecule has 1 fully saturated rings. The van der Waals surface area contributed by atoms with Gasteiger partial charge in [0.05, 0.1) is 13.2 Å². The molecule has 2 unspecified atom stereocenters. The van der Waals surface area contributed by atoms with Gasteiger partial charge in [-0.2, -0.15) is 0 Å². The monoisotopic (exact) mass is 380 g/mol. The zero-order valence-electron chi connectivity index (χ0n) is 16.7. The van der Waals surface area contributed by atoms with Crippen molar-refractivity contribution in [2.75, 3.05) is 46.4 Å². The van der Waals surface area contributed by atoms with E-state index in [-0.39, 0.29) is 11.9 Å². The van der Waals surface area contributed by atoms with Crippen molar-refractivity contribution in [3.63, 3.8) is 0 Å². The lowest BCUT2D eigenvalue weighted by Gasteiger charge is -2.25. The Labute approximate surface area is 162 Å². The molecule has 1 heterocycles. The zero-order chi connectivity index (χ0) is 19.5. The van der Waals surface area contributed by atoms with Crippen molar-refractivity contribution in [3.05, 3.63) is 30.1 Å². The van der Waals surface area contributed by atoms with Crippen molar-refractivity contribution in [2.24, 2.45) is 4.99 Å². The smallest absolute Gasteiger partial charge is 0.191 e. The SMILES string of the molecule is CCNC(=NCC(C)Oc1ccc(F)cc1)NCC1CCCN1CCOC. The Bertz CT molecular complexity index is 568. The van der Waals surface area contributed by atoms with Crippen LogP contribution in [0.5, 0.6) is 5.75 Å². The van der Waals surface area contributed by atoms with Crippen LogP contribution in [0.2, 0.25) is 0 Å². The second kappa shape index (κ2) is 11.8. The number of ether oxygens (including phenoxy) is 2. The third-order valence-electron chi connectivity index (χ3n) is 4.59. The van der Waals surface area contributed by atoms with E-state index in [9.17, 15) is 4.39 Å². The Hall–Kier alpha value is -1.86. The summed E-state index contributed by atoms with van der Waals surface area (Å²) in [5, 5.41) is 6.73. The molecule has 0 radical (unpaired) electrons. The molecule has 1 aromatic carbocycles. The molecule has 0 amide bonds. The van der Waals surface area contributed by atoms with E-state index < -0.39 is 0 Å². The van der Waals surface area contributed by atoms with Gasteiger partial charge in [-0.05, 0) is 57.5 Å². The van der Waals surface area contributed by atoms with Crippen molar-refractivity contribution < 1.29 is 13.9 Å². The van der Waals surface area contributed by atoms with Crippen LogP contribution in [0, 0.1) is 5.82 Å². The highest BCUT2D eigenvalue weighted by Gasteiger charge is 2.23. The van der Waals surface area contributed by atoms with Crippen LogP contribution in [0.1, 0.15) is 26.7 Å². The van der Waals surface area contributed by atoms with Crippen LogP contribution in [-0.4, -0.2) is 69.4 Å². The fourth-order valence-corrected chi connectivity index (χ4v) is 3.19. The van der Waals surface area contributed by atoms with Gasteiger partial charge >= 0.3 is 0 Å². The first-order valence-electron chi connectivity index (χ1n) is 9.79. The number of rotatable bonds is 10. The molecule has 2 rings (SSSR count). The van der Waals surface area contributed by atoms with Gasteiger partial charge in [0.25, 0.3) is 0 Å². The van der Waals surface area contributed by atoms with Gasteiger partial charge in [0.1, 0.15) is 17.7 Å². The van der Waals surface area contributed by atoms with Crippen LogP contribution in [0.25, 0.3) is 0 Å². The lowest BCUT2D eigenvalue weighted by molar-refractivity contribution is 0.141. The number of nitrogens with zero attached hydrogens (tertiary/aromatic N) is 2. The minimum atomic E-state index is -0.266. The first-order valence-corrected chi connectivity index (χ1v) is 9.79. The fraction of sp³-hybridized carbons (Fsp3) is 0.650. The van der Waals surface area contributed by atoms with Gasteiger partial charge in [-0.3, -0.25) is 4.90 Å². The summed E-state index contributed by atoms with van der Waals surface area (Å²) in [5.41, 5.74) is 0. The summed E-state index contributed by atoms with van der Waals surface area (Å²) in [6.45, 7) is 9.06. The lowest BCUT2D eigenvalue weighted by atomic mass is 10.2. The molecule has 1 aliphatic rings. The Balaban J connectivity index is 1.81. The molecular formula is C20H33FN4O2. The zero-order valence-corrected chi connectivity index (χ0v) is 16.7. The summed E-state index contributed by atoms with van der Waals surface area (Å²) in [7, 11) is 1.74. The minimum Gasteiger partial charge on any atom is -0.489 e. The van der Waals surface area contributed by atoms with Crippen molar-refractivity contribution in [1.29, 1.82) is 0 Å². The molecule has 0 saturated carbocycles. The van der Waals surface area contributed by atoms with Gasteiger partial charge in [0.2, 0.25) is 0 Å². The van der Waals surface area contributed by atoms with Crippen LogP contribution in [0.15, 0.2) is 29.3 Å². The summed E-state index contributed by atoms with van der Waals surface area (Å²) in [6.07, 6.45) is 2.32. The third kappa shape index (κ3) is 7.72.